The summed E-state index contributed by atoms with van der Waals surface area (Å²) in [4.78, 5) is 11.9. The van der Waals surface area contributed by atoms with Crippen molar-refractivity contribution >= 4 is 21.7 Å². The van der Waals surface area contributed by atoms with Crippen LogP contribution >= 0.6 is 15.9 Å². The molecule has 0 aliphatic heterocycles. The summed E-state index contributed by atoms with van der Waals surface area (Å²) in [6.07, 6.45) is 3.46. The van der Waals surface area contributed by atoms with Gasteiger partial charge in [-0.15, -0.1) is 0 Å². The van der Waals surface area contributed by atoms with Crippen LogP contribution in [0.3, 0.4) is 0 Å². The van der Waals surface area contributed by atoms with Crippen LogP contribution in [0.15, 0.2) is 28.7 Å². The average molecular weight is 283 g/mol. The zero-order valence-corrected chi connectivity index (χ0v) is 11.6. The van der Waals surface area contributed by atoms with Gasteiger partial charge < -0.3 is 0 Å². The maximum Gasteiger partial charge on any atom is 0.137 e. The van der Waals surface area contributed by atoms with Crippen LogP contribution in [0.1, 0.15) is 38.7 Å². The molecule has 0 aliphatic carbocycles. The molecule has 1 rings (SSSR count). The maximum absolute atomic E-state index is 11.9. The molecule has 0 N–H and O–H groups in total. The van der Waals surface area contributed by atoms with Gasteiger partial charge in [0.2, 0.25) is 0 Å². The first-order valence-corrected chi connectivity index (χ1v) is 6.71. The number of benzene rings is 1. The molecule has 0 spiro atoms. The minimum absolute atomic E-state index is 0.348. The summed E-state index contributed by atoms with van der Waals surface area (Å²) in [5.74, 6) is 0.899. The van der Waals surface area contributed by atoms with E-state index in [0.29, 0.717) is 24.5 Å². The minimum atomic E-state index is 0.348. The summed E-state index contributed by atoms with van der Waals surface area (Å²) in [6.45, 7) is 4.31. The number of carbonyl (C=O) groups excluding carboxylic acids is 1. The predicted octanol–water partition coefficient (Wildman–Crippen LogP) is 4.39. The van der Waals surface area contributed by atoms with E-state index in [1.165, 1.54) is 0 Å². The van der Waals surface area contributed by atoms with E-state index in [1.54, 1.807) is 0 Å². The van der Waals surface area contributed by atoms with Gasteiger partial charge in [-0.1, -0.05) is 60.8 Å². The summed E-state index contributed by atoms with van der Waals surface area (Å²) < 4.78 is 1.04. The SMILES string of the molecule is CCC(CC)CC(=O)Cc1ccccc1Br. The Morgan fingerprint density at radius 1 is 1.25 bits per heavy atom. The summed E-state index contributed by atoms with van der Waals surface area (Å²) in [5, 5.41) is 0. The Morgan fingerprint density at radius 3 is 2.44 bits per heavy atom. The Morgan fingerprint density at radius 2 is 1.88 bits per heavy atom. The molecule has 0 atom stereocenters. The molecule has 0 saturated carbocycles. The fraction of sp³-hybridized carbons (Fsp3) is 0.500. The Bertz CT molecular complexity index is 342. The van der Waals surface area contributed by atoms with Gasteiger partial charge in [-0.25, -0.2) is 0 Å². The highest BCUT2D eigenvalue weighted by Gasteiger charge is 2.11. The molecule has 0 fully saturated rings. The Kier molecular flexibility index (Phi) is 5.75. The van der Waals surface area contributed by atoms with Crippen molar-refractivity contribution in [1.82, 2.24) is 0 Å². The third kappa shape index (κ3) is 4.09. The van der Waals surface area contributed by atoms with Crippen LogP contribution in [0.4, 0.5) is 0 Å². The first kappa shape index (κ1) is 13.4. The van der Waals surface area contributed by atoms with Gasteiger partial charge in [0.15, 0.2) is 0 Å². The van der Waals surface area contributed by atoms with E-state index in [9.17, 15) is 4.79 Å². The third-order valence-corrected chi connectivity index (χ3v) is 3.79. The number of hydrogen-bond acceptors (Lipinski definition) is 1. The lowest BCUT2D eigenvalue weighted by atomic mass is 9.94. The molecule has 0 unspecified atom stereocenters. The third-order valence-electron chi connectivity index (χ3n) is 3.02. The van der Waals surface area contributed by atoms with E-state index < -0.39 is 0 Å². The number of hydrogen-bond donors (Lipinski definition) is 0. The normalized spacial score (nSPS) is 10.8. The van der Waals surface area contributed by atoms with E-state index in [-0.39, 0.29) is 0 Å². The Balaban J connectivity index is 2.55. The number of rotatable bonds is 6. The molecule has 0 radical (unpaired) electrons. The van der Waals surface area contributed by atoms with Gasteiger partial charge in [0.05, 0.1) is 0 Å². The van der Waals surface area contributed by atoms with Crippen LogP contribution in [0.2, 0.25) is 0 Å². The molecule has 1 aromatic carbocycles. The fourth-order valence-electron chi connectivity index (χ4n) is 1.83. The van der Waals surface area contributed by atoms with Gasteiger partial charge in [-0.2, -0.15) is 0 Å². The highest BCUT2D eigenvalue weighted by Crippen LogP contribution is 2.19. The quantitative estimate of drug-likeness (QED) is 0.756. The lowest BCUT2D eigenvalue weighted by Gasteiger charge is -2.11. The van der Waals surface area contributed by atoms with Gasteiger partial charge >= 0.3 is 0 Å². The largest absolute Gasteiger partial charge is 0.299 e. The highest BCUT2D eigenvalue weighted by molar-refractivity contribution is 9.10. The lowest BCUT2D eigenvalue weighted by Crippen LogP contribution is -2.09. The molecular weight excluding hydrogens is 264 g/mol. The predicted molar refractivity (Wildman–Crippen MR) is 71.5 cm³/mol. The van der Waals surface area contributed by atoms with Gasteiger partial charge in [0, 0.05) is 17.3 Å². The smallest absolute Gasteiger partial charge is 0.137 e. The molecule has 88 valence electrons. The molecule has 0 heterocycles. The number of Topliss-reactive ketones (excluding diaryl/α,β-unsaturated/α-hetero) is 1. The van der Waals surface area contributed by atoms with Crippen molar-refractivity contribution in [2.45, 2.75) is 39.5 Å². The van der Waals surface area contributed by atoms with E-state index in [4.69, 9.17) is 0 Å². The van der Waals surface area contributed by atoms with Crippen molar-refractivity contribution in [1.29, 1.82) is 0 Å². The minimum Gasteiger partial charge on any atom is -0.299 e. The average Bonchev–Trinajstić information content (AvgIpc) is 2.29. The van der Waals surface area contributed by atoms with Gasteiger partial charge in [0.25, 0.3) is 0 Å². The van der Waals surface area contributed by atoms with Crippen LogP contribution in [0.25, 0.3) is 0 Å². The van der Waals surface area contributed by atoms with Crippen LogP contribution < -0.4 is 0 Å². The van der Waals surface area contributed by atoms with Crippen molar-refractivity contribution in [3.05, 3.63) is 34.3 Å². The Hall–Kier alpha value is -0.630. The van der Waals surface area contributed by atoms with Gasteiger partial charge in [-0.3, -0.25) is 4.79 Å². The molecule has 0 aromatic heterocycles. The van der Waals surface area contributed by atoms with Crippen LogP contribution in [-0.4, -0.2) is 5.78 Å². The second kappa shape index (κ2) is 6.85. The highest BCUT2D eigenvalue weighted by atomic mass is 79.9. The van der Waals surface area contributed by atoms with Crippen LogP contribution in [0.5, 0.6) is 0 Å². The monoisotopic (exact) mass is 282 g/mol. The second-order valence-electron chi connectivity index (χ2n) is 4.19. The summed E-state index contributed by atoms with van der Waals surface area (Å²) in [6, 6.07) is 7.94. The summed E-state index contributed by atoms with van der Waals surface area (Å²) >= 11 is 3.47. The van der Waals surface area contributed by atoms with Crippen molar-refractivity contribution in [2.75, 3.05) is 0 Å². The van der Waals surface area contributed by atoms with Crippen molar-refractivity contribution in [2.24, 2.45) is 5.92 Å². The molecule has 0 aliphatic rings. The van der Waals surface area contributed by atoms with E-state index >= 15 is 0 Å². The van der Waals surface area contributed by atoms with Gasteiger partial charge in [0.1, 0.15) is 5.78 Å². The molecule has 16 heavy (non-hydrogen) atoms. The first-order valence-electron chi connectivity index (χ1n) is 5.92. The zero-order valence-electron chi connectivity index (χ0n) is 10.0. The molecule has 1 aromatic rings. The summed E-state index contributed by atoms with van der Waals surface area (Å²) in [5.41, 5.74) is 1.10. The first-order chi connectivity index (χ1) is 7.67. The van der Waals surface area contributed by atoms with E-state index in [1.807, 2.05) is 24.3 Å². The zero-order chi connectivity index (χ0) is 12.0. The van der Waals surface area contributed by atoms with E-state index in [0.717, 1.165) is 22.9 Å². The standard InChI is InChI=1S/C14H19BrO/c1-3-11(4-2)9-13(16)10-12-7-5-6-8-14(12)15/h5-8,11H,3-4,9-10H2,1-2H3. The molecular formula is C14H19BrO. The van der Waals surface area contributed by atoms with Gasteiger partial charge in [-0.05, 0) is 17.5 Å². The fourth-order valence-corrected chi connectivity index (χ4v) is 2.25. The maximum atomic E-state index is 11.9. The number of halogens is 1. The Labute approximate surface area is 106 Å². The molecule has 1 nitrogen and oxygen atoms in total. The number of carbonyl (C=O) groups is 1. The van der Waals surface area contributed by atoms with Crippen LogP contribution in [-0.2, 0) is 11.2 Å². The summed E-state index contributed by atoms with van der Waals surface area (Å²) in [7, 11) is 0. The van der Waals surface area contributed by atoms with Crippen LogP contribution in [0, 0.1) is 5.92 Å². The molecule has 0 bridgehead atoms. The number of ketones is 1. The molecule has 0 saturated heterocycles. The van der Waals surface area contributed by atoms with E-state index in [2.05, 4.69) is 29.8 Å². The van der Waals surface area contributed by atoms with Crippen molar-refractivity contribution in [3.8, 4) is 0 Å². The second-order valence-corrected chi connectivity index (χ2v) is 5.05. The topological polar surface area (TPSA) is 17.1 Å². The van der Waals surface area contributed by atoms with Crippen molar-refractivity contribution < 1.29 is 4.79 Å². The molecule has 2 heteroatoms. The molecule has 0 amide bonds. The lowest BCUT2D eigenvalue weighted by molar-refractivity contribution is -0.119. The van der Waals surface area contributed by atoms with Crippen molar-refractivity contribution in [3.63, 3.8) is 0 Å².